The van der Waals surface area contributed by atoms with Crippen LogP contribution in [0, 0.1) is 5.92 Å². The number of nitrogens with zero attached hydrogens (tertiary/aromatic N) is 4. The maximum absolute atomic E-state index is 4.41. The van der Waals surface area contributed by atoms with Crippen LogP contribution in [0.4, 0.5) is 0 Å². The van der Waals surface area contributed by atoms with Gasteiger partial charge in [0.1, 0.15) is 5.82 Å². The van der Waals surface area contributed by atoms with E-state index in [0.717, 1.165) is 31.9 Å². The minimum atomic E-state index is 0.666. The van der Waals surface area contributed by atoms with Gasteiger partial charge in [-0.1, -0.05) is 13.8 Å². The fourth-order valence-corrected chi connectivity index (χ4v) is 2.03. The molecule has 0 atom stereocenters. The molecule has 0 fully saturated rings. The summed E-state index contributed by atoms with van der Waals surface area (Å²) in [4.78, 5) is 4.41. The zero-order valence-electron chi connectivity index (χ0n) is 12.0. The van der Waals surface area contributed by atoms with Gasteiger partial charge >= 0.3 is 0 Å². The summed E-state index contributed by atoms with van der Waals surface area (Å²) in [5.74, 6) is 1.77. The predicted molar refractivity (Wildman–Crippen MR) is 75.7 cm³/mol. The number of hydrogen-bond donors (Lipinski definition) is 1. The molecule has 0 aliphatic carbocycles. The summed E-state index contributed by atoms with van der Waals surface area (Å²) in [5.41, 5.74) is 1.26. The van der Waals surface area contributed by atoms with Gasteiger partial charge in [-0.2, -0.15) is 5.10 Å². The Kier molecular flexibility index (Phi) is 4.74. The molecule has 2 rings (SSSR count). The number of aromatic nitrogens is 4. The molecule has 0 aromatic carbocycles. The monoisotopic (exact) mass is 261 g/mol. The van der Waals surface area contributed by atoms with Crippen molar-refractivity contribution in [1.29, 1.82) is 0 Å². The standard InChI is InChI=1S/C14H23N5/c1-12(2)8-15-10-14-16-5-7-19(14)6-4-13-9-17-18(3)11-13/h5,7,9,11-12,15H,4,6,8,10H2,1-3H3. The maximum Gasteiger partial charge on any atom is 0.122 e. The maximum atomic E-state index is 4.41. The Morgan fingerprint density at radius 2 is 2.21 bits per heavy atom. The molecule has 0 saturated heterocycles. The molecule has 0 saturated carbocycles. The Labute approximate surface area is 114 Å². The molecule has 5 nitrogen and oxygen atoms in total. The lowest BCUT2D eigenvalue weighted by Gasteiger charge is -2.09. The lowest BCUT2D eigenvalue weighted by molar-refractivity contribution is 0.527. The highest BCUT2D eigenvalue weighted by atomic mass is 15.2. The van der Waals surface area contributed by atoms with Crippen LogP contribution in [0.5, 0.6) is 0 Å². The van der Waals surface area contributed by atoms with Crippen molar-refractivity contribution in [3.8, 4) is 0 Å². The van der Waals surface area contributed by atoms with Gasteiger partial charge in [-0.3, -0.25) is 4.68 Å². The quantitative estimate of drug-likeness (QED) is 0.823. The Hall–Kier alpha value is -1.62. The largest absolute Gasteiger partial charge is 0.334 e. The van der Waals surface area contributed by atoms with Crippen molar-refractivity contribution in [1.82, 2.24) is 24.6 Å². The molecule has 0 bridgehead atoms. The zero-order chi connectivity index (χ0) is 13.7. The third-order valence-electron chi connectivity index (χ3n) is 3.04. The first-order chi connectivity index (χ1) is 9.15. The minimum Gasteiger partial charge on any atom is -0.334 e. The summed E-state index contributed by atoms with van der Waals surface area (Å²) in [6, 6.07) is 0. The number of rotatable bonds is 7. The smallest absolute Gasteiger partial charge is 0.122 e. The Morgan fingerprint density at radius 3 is 2.89 bits per heavy atom. The van der Waals surface area contributed by atoms with E-state index in [2.05, 4.69) is 40.0 Å². The van der Waals surface area contributed by atoms with Crippen LogP contribution in [0.15, 0.2) is 24.8 Å². The van der Waals surface area contributed by atoms with Gasteiger partial charge in [-0.15, -0.1) is 0 Å². The van der Waals surface area contributed by atoms with Crippen LogP contribution in [-0.2, 0) is 26.6 Å². The van der Waals surface area contributed by atoms with Gasteiger partial charge in [-0.05, 0) is 24.4 Å². The van der Waals surface area contributed by atoms with E-state index in [-0.39, 0.29) is 0 Å². The van der Waals surface area contributed by atoms with Gasteiger partial charge in [0.2, 0.25) is 0 Å². The van der Waals surface area contributed by atoms with E-state index in [1.165, 1.54) is 5.56 Å². The fourth-order valence-electron chi connectivity index (χ4n) is 2.03. The zero-order valence-corrected chi connectivity index (χ0v) is 12.0. The van der Waals surface area contributed by atoms with Crippen molar-refractivity contribution in [3.05, 3.63) is 36.2 Å². The molecule has 0 radical (unpaired) electrons. The van der Waals surface area contributed by atoms with Gasteiger partial charge in [0.05, 0.1) is 12.7 Å². The third-order valence-corrected chi connectivity index (χ3v) is 3.04. The van der Waals surface area contributed by atoms with E-state index in [1.807, 2.05) is 30.3 Å². The summed E-state index contributed by atoms with van der Waals surface area (Å²) in [5, 5.41) is 7.62. The van der Waals surface area contributed by atoms with E-state index in [1.54, 1.807) is 0 Å². The first kappa shape index (κ1) is 13.8. The summed E-state index contributed by atoms with van der Waals surface area (Å²) in [7, 11) is 1.95. The lowest BCUT2D eigenvalue weighted by atomic mass is 10.2. The predicted octanol–water partition coefficient (Wildman–Crippen LogP) is 1.60. The molecule has 0 aliphatic heterocycles. The van der Waals surface area contributed by atoms with E-state index in [0.29, 0.717) is 5.92 Å². The highest BCUT2D eigenvalue weighted by Crippen LogP contribution is 2.03. The van der Waals surface area contributed by atoms with Crippen molar-refractivity contribution in [2.45, 2.75) is 33.4 Å². The average Bonchev–Trinajstić information content (AvgIpc) is 2.95. The van der Waals surface area contributed by atoms with Gasteiger partial charge < -0.3 is 9.88 Å². The second-order valence-electron chi connectivity index (χ2n) is 5.33. The van der Waals surface area contributed by atoms with Crippen LogP contribution >= 0.6 is 0 Å². The van der Waals surface area contributed by atoms with Crippen LogP contribution in [0.2, 0.25) is 0 Å². The molecule has 19 heavy (non-hydrogen) atoms. The summed E-state index contributed by atoms with van der Waals surface area (Å²) in [6.07, 6.45) is 8.89. The van der Waals surface area contributed by atoms with Gasteiger partial charge in [0.15, 0.2) is 0 Å². The molecule has 2 heterocycles. The molecule has 0 unspecified atom stereocenters. The van der Waals surface area contributed by atoms with Gasteiger partial charge in [0.25, 0.3) is 0 Å². The minimum absolute atomic E-state index is 0.666. The molecule has 0 amide bonds. The van der Waals surface area contributed by atoms with E-state index < -0.39 is 0 Å². The number of nitrogens with one attached hydrogen (secondary N) is 1. The Balaban J connectivity index is 1.85. The van der Waals surface area contributed by atoms with Gasteiger partial charge in [-0.25, -0.2) is 4.98 Å². The van der Waals surface area contributed by atoms with E-state index >= 15 is 0 Å². The number of aryl methyl sites for hydroxylation is 3. The molecule has 104 valence electrons. The Bertz CT molecular complexity index is 497. The van der Waals surface area contributed by atoms with Crippen LogP contribution in [-0.4, -0.2) is 25.9 Å². The van der Waals surface area contributed by atoms with Crippen molar-refractivity contribution in [2.24, 2.45) is 13.0 Å². The summed E-state index contributed by atoms with van der Waals surface area (Å²) in [6.45, 7) is 7.22. The van der Waals surface area contributed by atoms with Crippen LogP contribution in [0.1, 0.15) is 25.2 Å². The van der Waals surface area contributed by atoms with Gasteiger partial charge in [0, 0.05) is 32.2 Å². The second-order valence-corrected chi connectivity index (χ2v) is 5.33. The van der Waals surface area contributed by atoms with Crippen LogP contribution in [0.25, 0.3) is 0 Å². The molecular weight excluding hydrogens is 238 g/mol. The highest BCUT2D eigenvalue weighted by molar-refractivity contribution is 5.04. The molecule has 1 N–H and O–H groups in total. The lowest BCUT2D eigenvalue weighted by Crippen LogP contribution is -2.21. The number of hydrogen-bond acceptors (Lipinski definition) is 3. The van der Waals surface area contributed by atoms with Crippen LogP contribution < -0.4 is 5.32 Å². The number of imidazole rings is 1. The van der Waals surface area contributed by atoms with E-state index in [9.17, 15) is 0 Å². The molecular formula is C14H23N5. The topological polar surface area (TPSA) is 47.7 Å². The molecule has 2 aromatic heterocycles. The van der Waals surface area contributed by atoms with Crippen molar-refractivity contribution in [3.63, 3.8) is 0 Å². The third kappa shape index (κ3) is 4.21. The van der Waals surface area contributed by atoms with Crippen molar-refractivity contribution < 1.29 is 0 Å². The fraction of sp³-hybridized carbons (Fsp3) is 0.571. The summed E-state index contributed by atoms with van der Waals surface area (Å²) < 4.78 is 4.05. The second kappa shape index (κ2) is 6.52. The SMILES string of the molecule is CC(C)CNCc1nccn1CCc1cnn(C)c1. The van der Waals surface area contributed by atoms with Crippen molar-refractivity contribution in [2.75, 3.05) is 6.54 Å². The van der Waals surface area contributed by atoms with Crippen molar-refractivity contribution >= 4 is 0 Å². The van der Waals surface area contributed by atoms with Crippen LogP contribution in [0.3, 0.4) is 0 Å². The average molecular weight is 261 g/mol. The normalized spacial score (nSPS) is 11.4. The molecule has 2 aromatic rings. The molecule has 5 heteroatoms. The first-order valence-electron chi connectivity index (χ1n) is 6.83. The highest BCUT2D eigenvalue weighted by Gasteiger charge is 2.04. The molecule has 0 aliphatic rings. The first-order valence-corrected chi connectivity index (χ1v) is 6.83. The summed E-state index contributed by atoms with van der Waals surface area (Å²) >= 11 is 0. The molecule has 0 spiro atoms. The Morgan fingerprint density at radius 1 is 1.37 bits per heavy atom. The van der Waals surface area contributed by atoms with E-state index in [4.69, 9.17) is 0 Å².